The number of halogens is 2. The number of hydrogen-bond donors (Lipinski definition) is 1. The summed E-state index contributed by atoms with van der Waals surface area (Å²) in [6.45, 7) is 5.43. The second kappa shape index (κ2) is 10.2. The van der Waals surface area contributed by atoms with Crippen LogP contribution in [-0.4, -0.2) is 42.5 Å². The Bertz CT molecular complexity index is 1070. The van der Waals surface area contributed by atoms with Crippen molar-refractivity contribution in [2.24, 2.45) is 0 Å². The Hall–Kier alpha value is -2.42. The Morgan fingerprint density at radius 3 is 2.45 bits per heavy atom. The third-order valence-electron chi connectivity index (χ3n) is 4.66. The average molecular weight is 511 g/mol. The number of esters is 1. The summed E-state index contributed by atoms with van der Waals surface area (Å²) in [6, 6.07) is 9.39. The summed E-state index contributed by atoms with van der Waals surface area (Å²) < 4.78 is 10.2. The minimum absolute atomic E-state index is 0.144. The van der Waals surface area contributed by atoms with E-state index in [1.807, 2.05) is 0 Å². The number of anilines is 1. The van der Waals surface area contributed by atoms with Gasteiger partial charge in [-0.2, -0.15) is 0 Å². The van der Waals surface area contributed by atoms with Gasteiger partial charge in [-0.15, -0.1) is 11.8 Å². The third-order valence-corrected chi connectivity index (χ3v) is 6.36. The van der Waals surface area contributed by atoms with Crippen molar-refractivity contribution < 1.29 is 23.9 Å². The van der Waals surface area contributed by atoms with Gasteiger partial charge in [0, 0.05) is 15.7 Å². The molecule has 0 unspecified atom stereocenters. The Morgan fingerprint density at radius 1 is 1.18 bits per heavy atom. The van der Waals surface area contributed by atoms with Gasteiger partial charge in [0.15, 0.2) is 0 Å². The fraction of sp³-hybridized carbons (Fsp3) is 0.348. The van der Waals surface area contributed by atoms with Gasteiger partial charge in [-0.1, -0.05) is 35.3 Å². The topological polar surface area (TPSA) is 84.9 Å². The highest BCUT2D eigenvalue weighted by Gasteiger charge is 2.34. The molecule has 0 spiro atoms. The molecule has 1 aliphatic heterocycles. The van der Waals surface area contributed by atoms with Crippen LogP contribution in [0.1, 0.15) is 36.7 Å². The van der Waals surface area contributed by atoms with E-state index in [-0.39, 0.29) is 28.8 Å². The van der Waals surface area contributed by atoms with Gasteiger partial charge in [0.1, 0.15) is 11.6 Å². The van der Waals surface area contributed by atoms with Gasteiger partial charge in [-0.05, 0) is 50.6 Å². The molecule has 0 radical (unpaired) electrons. The zero-order chi connectivity index (χ0) is 24.3. The number of amides is 2. The predicted octanol–water partition coefficient (Wildman–Crippen LogP) is 5.31. The zero-order valence-corrected chi connectivity index (χ0v) is 20.9. The molecule has 1 atom stereocenters. The van der Waals surface area contributed by atoms with Crippen molar-refractivity contribution in [2.45, 2.75) is 43.9 Å². The van der Waals surface area contributed by atoms with E-state index in [1.165, 1.54) is 23.8 Å². The molecule has 1 aliphatic rings. The van der Waals surface area contributed by atoms with Crippen LogP contribution in [0.4, 0.5) is 10.5 Å². The van der Waals surface area contributed by atoms with E-state index >= 15 is 0 Å². The predicted molar refractivity (Wildman–Crippen MR) is 129 cm³/mol. The molecule has 1 heterocycles. The van der Waals surface area contributed by atoms with Gasteiger partial charge < -0.3 is 19.7 Å². The number of hydrogen-bond acceptors (Lipinski definition) is 6. The lowest BCUT2D eigenvalue weighted by Gasteiger charge is -2.27. The third kappa shape index (κ3) is 6.34. The van der Waals surface area contributed by atoms with Gasteiger partial charge in [0.2, 0.25) is 0 Å². The molecule has 3 rings (SSSR count). The van der Waals surface area contributed by atoms with Crippen molar-refractivity contribution in [1.82, 2.24) is 5.32 Å². The van der Waals surface area contributed by atoms with Crippen LogP contribution in [0.3, 0.4) is 0 Å². The van der Waals surface area contributed by atoms with E-state index in [2.05, 4.69) is 5.32 Å². The fourth-order valence-electron chi connectivity index (χ4n) is 3.18. The number of thioether (sulfide) groups is 1. The van der Waals surface area contributed by atoms with Crippen LogP contribution >= 0.6 is 35.0 Å². The molecule has 176 valence electrons. The van der Waals surface area contributed by atoms with Crippen LogP contribution < -0.4 is 10.2 Å². The molecule has 0 saturated carbocycles. The number of rotatable bonds is 4. The molecule has 33 heavy (non-hydrogen) atoms. The molecule has 1 N–H and O–H groups in total. The monoisotopic (exact) mass is 510 g/mol. The summed E-state index contributed by atoms with van der Waals surface area (Å²) >= 11 is 13.7. The number of fused-ring (bicyclic) bond motifs is 1. The van der Waals surface area contributed by atoms with Crippen molar-refractivity contribution in [2.75, 3.05) is 17.8 Å². The lowest BCUT2D eigenvalue weighted by atomic mass is 10.1. The van der Waals surface area contributed by atoms with E-state index in [0.29, 0.717) is 15.6 Å². The number of nitrogens with one attached hydrogen (secondary N) is 1. The lowest BCUT2D eigenvalue weighted by molar-refractivity contribution is -0.120. The number of ether oxygens (including phenoxy) is 2. The minimum atomic E-state index is -0.857. The van der Waals surface area contributed by atoms with E-state index in [9.17, 15) is 14.4 Å². The molecule has 0 bridgehead atoms. The first kappa shape index (κ1) is 25.2. The molecular formula is C23H24Cl2N2O5S. The molecule has 10 heteroatoms. The summed E-state index contributed by atoms with van der Waals surface area (Å²) in [5.74, 6) is -0.699. The molecule has 2 amide bonds. The van der Waals surface area contributed by atoms with Crippen LogP contribution in [0.5, 0.6) is 0 Å². The number of methoxy groups -OCH3 is 1. The molecule has 7 nitrogen and oxygen atoms in total. The lowest BCUT2D eigenvalue weighted by Crippen LogP contribution is -2.50. The smallest absolute Gasteiger partial charge is 0.408 e. The van der Waals surface area contributed by atoms with E-state index < -0.39 is 23.7 Å². The van der Waals surface area contributed by atoms with Gasteiger partial charge in [-0.25, -0.2) is 9.59 Å². The maximum atomic E-state index is 13.6. The fourth-order valence-corrected chi connectivity index (χ4v) is 4.70. The summed E-state index contributed by atoms with van der Waals surface area (Å²) in [7, 11) is 1.26. The van der Waals surface area contributed by atoms with Crippen LogP contribution in [0.2, 0.25) is 10.0 Å². The highest BCUT2D eigenvalue weighted by molar-refractivity contribution is 7.99. The van der Waals surface area contributed by atoms with E-state index in [0.717, 1.165) is 5.56 Å². The zero-order valence-electron chi connectivity index (χ0n) is 18.6. The normalized spacial score (nSPS) is 16.0. The molecule has 0 aromatic heterocycles. The highest BCUT2D eigenvalue weighted by Crippen LogP contribution is 2.39. The molecule has 2 aromatic rings. The first-order chi connectivity index (χ1) is 15.5. The highest BCUT2D eigenvalue weighted by atomic mass is 35.5. The molecule has 0 fully saturated rings. The van der Waals surface area contributed by atoms with E-state index in [1.54, 1.807) is 57.2 Å². The molecule has 0 aliphatic carbocycles. The quantitative estimate of drug-likeness (QED) is 0.560. The Kier molecular flexibility index (Phi) is 7.82. The van der Waals surface area contributed by atoms with Gasteiger partial charge >= 0.3 is 12.1 Å². The summed E-state index contributed by atoms with van der Waals surface area (Å²) in [5.41, 5.74) is 0.750. The van der Waals surface area contributed by atoms with Crippen molar-refractivity contribution in [3.63, 3.8) is 0 Å². The van der Waals surface area contributed by atoms with Crippen LogP contribution in [0.25, 0.3) is 0 Å². The van der Waals surface area contributed by atoms with Crippen molar-refractivity contribution in [3.05, 3.63) is 57.6 Å². The summed E-state index contributed by atoms with van der Waals surface area (Å²) in [4.78, 5) is 40.4. The largest absolute Gasteiger partial charge is 0.465 e. The van der Waals surface area contributed by atoms with Crippen molar-refractivity contribution in [1.29, 1.82) is 0 Å². The van der Waals surface area contributed by atoms with Crippen molar-refractivity contribution >= 4 is 58.6 Å². The van der Waals surface area contributed by atoms with Crippen LogP contribution in [0.15, 0.2) is 41.3 Å². The second-order valence-electron chi connectivity index (χ2n) is 8.35. The second-order valence-corrected chi connectivity index (χ2v) is 10.3. The Labute approximate surface area is 206 Å². The molecular weight excluding hydrogens is 487 g/mol. The maximum absolute atomic E-state index is 13.6. The van der Waals surface area contributed by atoms with Gasteiger partial charge in [0.25, 0.3) is 5.91 Å². The van der Waals surface area contributed by atoms with Crippen LogP contribution in [-0.2, 0) is 20.8 Å². The first-order valence-electron chi connectivity index (χ1n) is 10.1. The number of benzene rings is 2. The maximum Gasteiger partial charge on any atom is 0.408 e. The summed E-state index contributed by atoms with van der Waals surface area (Å²) in [6.07, 6.45) is -0.688. The average Bonchev–Trinajstić information content (AvgIpc) is 2.85. The number of carbonyl (C=O) groups excluding carboxylic acids is 3. The number of alkyl carbamates (subject to hydrolysis) is 1. The van der Waals surface area contributed by atoms with Crippen molar-refractivity contribution in [3.8, 4) is 0 Å². The van der Waals surface area contributed by atoms with Gasteiger partial charge in [0.05, 0.1) is 29.9 Å². The number of nitrogens with zero attached hydrogens (tertiary/aromatic N) is 1. The standard InChI is InChI=1S/C23H24Cl2N2O5S/c1-23(2,3)32-22(30)26-17-12-33-19-10-16(25)15(21(29)31-4)9-18(19)27(20(17)28)11-13-5-7-14(24)8-6-13/h5-10,17H,11-12H2,1-4H3,(H,26,30)/t17-/m0/s1. The SMILES string of the molecule is COC(=O)c1cc2c(cc1Cl)SC[C@H](NC(=O)OC(C)(C)C)C(=O)N2Cc1ccc(Cl)cc1. The number of carbonyl (C=O) groups is 3. The molecule has 2 aromatic carbocycles. The van der Waals surface area contributed by atoms with E-state index in [4.69, 9.17) is 32.7 Å². The minimum Gasteiger partial charge on any atom is -0.465 e. The first-order valence-corrected chi connectivity index (χ1v) is 11.8. The molecule has 0 saturated heterocycles. The Morgan fingerprint density at radius 2 is 1.85 bits per heavy atom. The van der Waals surface area contributed by atoms with Crippen LogP contribution in [0, 0.1) is 0 Å². The van der Waals surface area contributed by atoms with Gasteiger partial charge in [-0.3, -0.25) is 4.79 Å². The Balaban J connectivity index is 2.01. The summed E-state index contributed by atoms with van der Waals surface area (Å²) in [5, 5.41) is 3.45.